The monoisotopic (exact) mass is 306 g/mol. The van der Waals surface area contributed by atoms with Gasteiger partial charge in [-0.15, -0.1) is 0 Å². The van der Waals surface area contributed by atoms with Crippen LogP contribution in [0.3, 0.4) is 0 Å². The minimum atomic E-state index is -3.16. The molecule has 0 atom stereocenters. The van der Waals surface area contributed by atoms with E-state index in [2.05, 4.69) is 9.97 Å². The minimum Gasteiger partial charge on any atom is -0.309 e. The highest BCUT2D eigenvalue weighted by atomic mass is 31.2. The van der Waals surface area contributed by atoms with Crippen molar-refractivity contribution in [1.82, 2.24) is 9.97 Å². The molecule has 0 saturated carbocycles. The van der Waals surface area contributed by atoms with E-state index in [0.717, 1.165) is 11.3 Å². The predicted molar refractivity (Wildman–Crippen MR) is 82.0 cm³/mol. The summed E-state index contributed by atoms with van der Waals surface area (Å²) in [5, 5.41) is 0. The first-order valence-electron chi connectivity index (χ1n) is 6.92. The first kappa shape index (κ1) is 15.8. The van der Waals surface area contributed by atoms with Crippen LogP contribution in [-0.2, 0) is 19.8 Å². The second-order valence-electron chi connectivity index (χ2n) is 4.33. The van der Waals surface area contributed by atoms with E-state index < -0.39 is 7.60 Å². The summed E-state index contributed by atoms with van der Waals surface area (Å²) >= 11 is 0. The van der Waals surface area contributed by atoms with Gasteiger partial charge in [0, 0.05) is 12.4 Å². The number of hydrogen-bond acceptors (Lipinski definition) is 5. The quantitative estimate of drug-likeness (QED) is 0.726. The van der Waals surface area contributed by atoms with Gasteiger partial charge >= 0.3 is 7.60 Å². The number of aromatic nitrogens is 2. The fourth-order valence-corrected chi connectivity index (χ4v) is 3.75. The van der Waals surface area contributed by atoms with Crippen LogP contribution in [0.5, 0.6) is 0 Å². The van der Waals surface area contributed by atoms with Gasteiger partial charge in [-0.2, -0.15) is 0 Å². The highest BCUT2D eigenvalue weighted by Crippen LogP contribution is 2.52. The maximum absolute atomic E-state index is 12.7. The average molecular weight is 306 g/mol. The van der Waals surface area contributed by atoms with Crippen LogP contribution in [0.2, 0.25) is 0 Å². The molecule has 0 aliphatic heterocycles. The highest BCUT2D eigenvalue weighted by Gasteiger charge is 2.26. The SMILES string of the molecule is CCOP(=O)(Cc1cccnc1-c1ccccn1)OCC. The lowest BCUT2D eigenvalue weighted by Gasteiger charge is -2.18. The maximum Gasteiger partial charge on any atom is 0.335 e. The molecule has 0 unspecified atom stereocenters. The summed E-state index contributed by atoms with van der Waals surface area (Å²) in [6.07, 6.45) is 3.59. The van der Waals surface area contributed by atoms with Gasteiger partial charge in [0.05, 0.1) is 30.8 Å². The summed E-state index contributed by atoms with van der Waals surface area (Å²) < 4.78 is 23.4. The molecule has 0 spiro atoms. The van der Waals surface area contributed by atoms with E-state index in [4.69, 9.17) is 9.05 Å². The average Bonchev–Trinajstić information content (AvgIpc) is 2.49. The second-order valence-corrected chi connectivity index (χ2v) is 6.39. The lowest BCUT2D eigenvalue weighted by Crippen LogP contribution is -2.01. The Balaban J connectivity index is 2.34. The van der Waals surface area contributed by atoms with Crippen LogP contribution >= 0.6 is 7.60 Å². The summed E-state index contributed by atoms with van der Waals surface area (Å²) in [5.74, 6) is 0. The van der Waals surface area contributed by atoms with Crippen molar-refractivity contribution in [2.24, 2.45) is 0 Å². The Morgan fingerprint density at radius 3 is 2.33 bits per heavy atom. The Kier molecular flexibility index (Phi) is 5.62. The van der Waals surface area contributed by atoms with E-state index in [9.17, 15) is 4.57 Å². The Morgan fingerprint density at radius 2 is 1.71 bits per heavy atom. The molecular weight excluding hydrogens is 287 g/mol. The summed E-state index contributed by atoms with van der Waals surface area (Å²) in [6, 6.07) is 9.30. The molecule has 0 radical (unpaired) electrons. The molecule has 2 aromatic rings. The van der Waals surface area contributed by atoms with Gasteiger partial charge in [0.1, 0.15) is 0 Å². The Morgan fingerprint density at radius 1 is 1.00 bits per heavy atom. The summed E-state index contributed by atoms with van der Waals surface area (Å²) in [7, 11) is -3.16. The third-order valence-electron chi connectivity index (χ3n) is 2.81. The van der Waals surface area contributed by atoms with Crippen molar-refractivity contribution < 1.29 is 13.6 Å². The maximum atomic E-state index is 12.7. The topological polar surface area (TPSA) is 61.3 Å². The molecule has 0 saturated heterocycles. The van der Waals surface area contributed by atoms with Crippen molar-refractivity contribution in [3.63, 3.8) is 0 Å². The molecule has 0 aliphatic rings. The molecule has 0 aromatic carbocycles. The predicted octanol–water partition coefficient (Wildman–Crippen LogP) is 3.91. The minimum absolute atomic E-state index is 0.189. The Labute approximate surface area is 124 Å². The van der Waals surface area contributed by atoms with Crippen LogP contribution < -0.4 is 0 Å². The second kappa shape index (κ2) is 7.46. The zero-order valence-electron chi connectivity index (χ0n) is 12.2. The molecule has 2 heterocycles. The van der Waals surface area contributed by atoms with Crippen LogP contribution in [0.25, 0.3) is 11.4 Å². The molecule has 5 nitrogen and oxygen atoms in total. The van der Waals surface area contributed by atoms with Gasteiger partial charge in [-0.3, -0.25) is 14.5 Å². The number of pyridine rings is 2. The molecule has 0 bridgehead atoms. The van der Waals surface area contributed by atoms with Gasteiger partial charge < -0.3 is 9.05 Å². The Hall–Kier alpha value is -1.55. The first-order chi connectivity index (χ1) is 10.2. The van der Waals surface area contributed by atoms with Gasteiger partial charge in [-0.1, -0.05) is 12.1 Å². The zero-order chi connectivity index (χ0) is 15.1. The molecule has 21 heavy (non-hydrogen) atoms. The molecule has 0 fully saturated rings. The molecule has 2 aromatic heterocycles. The van der Waals surface area contributed by atoms with E-state index >= 15 is 0 Å². The van der Waals surface area contributed by atoms with E-state index in [1.54, 1.807) is 26.2 Å². The van der Waals surface area contributed by atoms with Crippen molar-refractivity contribution in [3.05, 3.63) is 48.3 Å². The largest absolute Gasteiger partial charge is 0.335 e. The van der Waals surface area contributed by atoms with Crippen LogP contribution in [0.4, 0.5) is 0 Å². The van der Waals surface area contributed by atoms with Gasteiger partial charge in [0.15, 0.2) is 0 Å². The zero-order valence-corrected chi connectivity index (χ0v) is 13.1. The third kappa shape index (κ3) is 4.21. The molecule has 0 amide bonds. The molecule has 2 rings (SSSR count). The lowest BCUT2D eigenvalue weighted by atomic mass is 10.1. The van der Waals surface area contributed by atoms with Crippen LogP contribution in [0.15, 0.2) is 42.7 Å². The van der Waals surface area contributed by atoms with Crippen molar-refractivity contribution in [2.45, 2.75) is 20.0 Å². The van der Waals surface area contributed by atoms with Crippen molar-refractivity contribution >= 4 is 7.60 Å². The van der Waals surface area contributed by atoms with Gasteiger partial charge in [-0.05, 0) is 37.6 Å². The van der Waals surface area contributed by atoms with Crippen molar-refractivity contribution in [3.8, 4) is 11.4 Å². The van der Waals surface area contributed by atoms with E-state index in [-0.39, 0.29) is 6.16 Å². The summed E-state index contributed by atoms with van der Waals surface area (Å²) in [4.78, 5) is 8.66. The van der Waals surface area contributed by atoms with Gasteiger partial charge in [-0.25, -0.2) is 0 Å². The highest BCUT2D eigenvalue weighted by molar-refractivity contribution is 7.53. The molecule has 6 heteroatoms. The number of rotatable bonds is 7. The molecule has 0 aliphatic carbocycles. The van der Waals surface area contributed by atoms with E-state index in [1.807, 2.05) is 30.3 Å². The number of nitrogens with zero attached hydrogens (tertiary/aromatic N) is 2. The fourth-order valence-electron chi connectivity index (χ4n) is 2.03. The first-order valence-corrected chi connectivity index (χ1v) is 8.64. The smallest absolute Gasteiger partial charge is 0.309 e. The van der Waals surface area contributed by atoms with Gasteiger partial charge in [0.2, 0.25) is 0 Å². The van der Waals surface area contributed by atoms with E-state index in [0.29, 0.717) is 18.9 Å². The molecule has 112 valence electrons. The standard InChI is InChI=1S/C15H19N2O3P/c1-3-19-21(18,20-4-2)12-13-8-7-11-17-15(13)14-9-5-6-10-16-14/h5-11H,3-4,12H2,1-2H3. The van der Waals surface area contributed by atoms with Gasteiger partial charge in [0.25, 0.3) is 0 Å². The Bertz CT molecular complexity index is 609. The summed E-state index contributed by atoms with van der Waals surface area (Å²) in [6.45, 7) is 4.29. The van der Waals surface area contributed by atoms with Crippen LogP contribution in [-0.4, -0.2) is 23.2 Å². The third-order valence-corrected chi connectivity index (χ3v) is 4.85. The molecular formula is C15H19N2O3P. The fraction of sp³-hybridized carbons (Fsp3) is 0.333. The van der Waals surface area contributed by atoms with E-state index in [1.165, 1.54) is 0 Å². The van der Waals surface area contributed by atoms with Crippen molar-refractivity contribution in [1.29, 1.82) is 0 Å². The number of hydrogen-bond donors (Lipinski definition) is 0. The van der Waals surface area contributed by atoms with Crippen molar-refractivity contribution in [2.75, 3.05) is 13.2 Å². The van der Waals surface area contributed by atoms with Crippen LogP contribution in [0, 0.1) is 0 Å². The molecule has 0 N–H and O–H groups in total. The van der Waals surface area contributed by atoms with Crippen LogP contribution in [0.1, 0.15) is 19.4 Å². The lowest BCUT2D eigenvalue weighted by molar-refractivity contribution is 0.219. The normalized spacial score (nSPS) is 11.5. The summed E-state index contributed by atoms with van der Waals surface area (Å²) in [5.41, 5.74) is 2.26.